The Bertz CT molecular complexity index is 374. The molecule has 1 aliphatic carbocycles. The average molecular weight is 300 g/mol. The van der Waals surface area contributed by atoms with Gasteiger partial charge in [-0.25, -0.2) is 0 Å². The number of nitrogens with two attached hydrogens (primary N) is 1. The van der Waals surface area contributed by atoms with E-state index in [2.05, 4.69) is 19.2 Å². The van der Waals surface area contributed by atoms with Crippen LogP contribution in [-0.4, -0.2) is 41.3 Å². The van der Waals surface area contributed by atoms with Gasteiger partial charge in [0.25, 0.3) is 0 Å². The maximum atomic E-state index is 11.9. The van der Waals surface area contributed by atoms with Gasteiger partial charge in [-0.05, 0) is 38.5 Å². The van der Waals surface area contributed by atoms with Crippen LogP contribution in [0.3, 0.4) is 0 Å². The van der Waals surface area contributed by atoms with Gasteiger partial charge in [-0.3, -0.25) is 9.59 Å². The zero-order valence-electron chi connectivity index (χ0n) is 13.4. The van der Waals surface area contributed by atoms with Crippen LogP contribution < -0.4 is 11.1 Å². The third-order valence-corrected chi connectivity index (χ3v) is 4.03. The van der Waals surface area contributed by atoms with Crippen molar-refractivity contribution in [3.63, 3.8) is 0 Å². The number of carboxylic acid groups (broad SMARTS) is 1. The van der Waals surface area contributed by atoms with E-state index < -0.39 is 23.5 Å². The van der Waals surface area contributed by atoms with Crippen LogP contribution in [0.15, 0.2) is 0 Å². The van der Waals surface area contributed by atoms with Crippen molar-refractivity contribution in [3.8, 4) is 0 Å². The molecule has 0 aromatic rings. The Kier molecular flexibility index (Phi) is 6.16. The summed E-state index contributed by atoms with van der Waals surface area (Å²) in [5.41, 5.74) is 4.98. The molecule has 2 unspecified atom stereocenters. The van der Waals surface area contributed by atoms with E-state index in [4.69, 9.17) is 15.6 Å². The molecule has 1 saturated carbocycles. The maximum absolute atomic E-state index is 11.9. The van der Waals surface area contributed by atoms with Gasteiger partial charge in [0.1, 0.15) is 0 Å². The van der Waals surface area contributed by atoms with Crippen molar-refractivity contribution in [3.05, 3.63) is 0 Å². The highest BCUT2D eigenvalue weighted by atomic mass is 16.5. The summed E-state index contributed by atoms with van der Waals surface area (Å²) in [5.74, 6) is -0.486. The molecule has 4 N–H and O–H groups in total. The summed E-state index contributed by atoms with van der Waals surface area (Å²) in [7, 11) is 0. The molecule has 1 rings (SSSR count). The molecule has 0 saturated heterocycles. The van der Waals surface area contributed by atoms with E-state index in [-0.39, 0.29) is 12.5 Å². The molecule has 21 heavy (non-hydrogen) atoms. The Morgan fingerprint density at radius 3 is 2.33 bits per heavy atom. The van der Waals surface area contributed by atoms with Gasteiger partial charge in [0.2, 0.25) is 5.91 Å². The van der Waals surface area contributed by atoms with E-state index in [0.717, 1.165) is 0 Å². The van der Waals surface area contributed by atoms with Crippen LogP contribution in [0, 0.1) is 11.8 Å². The lowest BCUT2D eigenvalue weighted by Gasteiger charge is -2.31. The molecule has 0 heterocycles. The third kappa shape index (κ3) is 5.63. The number of aliphatic carboxylic acids is 1. The fourth-order valence-electron chi connectivity index (χ4n) is 2.79. The normalized spacial score (nSPS) is 27.4. The second-order valence-electron chi connectivity index (χ2n) is 6.89. The summed E-state index contributed by atoms with van der Waals surface area (Å²) in [5, 5.41) is 11.4. The third-order valence-electron chi connectivity index (χ3n) is 4.03. The molecule has 0 spiro atoms. The summed E-state index contributed by atoms with van der Waals surface area (Å²) >= 11 is 0. The van der Waals surface area contributed by atoms with E-state index in [0.29, 0.717) is 18.4 Å². The standard InChI is InChI=1S/C15H28N2O4/c1-9-5-6-10(2)13(9)21-8-15(3,4)17-14(20)11(16)7-12(18)19/h9-11,13H,5-8,16H2,1-4H3,(H,17,20)(H,18,19)/t9?,10?,11-,13?/m0/s1. The molecular weight excluding hydrogens is 272 g/mol. The molecule has 0 aliphatic heterocycles. The Morgan fingerprint density at radius 2 is 1.86 bits per heavy atom. The van der Waals surface area contributed by atoms with Crippen molar-refractivity contribution >= 4 is 11.9 Å². The van der Waals surface area contributed by atoms with Gasteiger partial charge in [-0.2, -0.15) is 0 Å². The van der Waals surface area contributed by atoms with E-state index in [1.165, 1.54) is 12.8 Å². The minimum atomic E-state index is -1.08. The molecule has 6 heteroatoms. The summed E-state index contributed by atoms with van der Waals surface area (Å²) in [6.45, 7) is 8.45. The highest BCUT2D eigenvalue weighted by Crippen LogP contribution is 2.33. The van der Waals surface area contributed by atoms with Crippen LogP contribution in [0.1, 0.15) is 47.0 Å². The first-order valence-corrected chi connectivity index (χ1v) is 7.53. The fraction of sp³-hybridized carbons (Fsp3) is 0.867. The largest absolute Gasteiger partial charge is 0.481 e. The predicted octanol–water partition coefficient (Wildman–Crippen LogP) is 1.13. The van der Waals surface area contributed by atoms with E-state index >= 15 is 0 Å². The Morgan fingerprint density at radius 1 is 1.33 bits per heavy atom. The number of carbonyl (C=O) groups excluding carboxylic acids is 1. The first-order valence-electron chi connectivity index (χ1n) is 7.53. The second kappa shape index (κ2) is 7.22. The van der Waals surface area contributed by atoms with Crippen molar-refractivity contribution in [1.29, 1.82) is 0 Å². The van der Waals surface area contributed by atoms with E-state index in [9.17, 15) is 9.59 Å². The lowest BCUT2D eigenvalue weighted by atomic mass is 10.0. The van der Waals surface area contributed by atoms with Crippen molar-refractivity contribution in [2.75, 3.05) is 6.61 Å². The molecule has 0 radical (unpaired) electrons. The average Bonchev–Trinajstić information content (AvgIpc) is 2.65. The Balaban J connectivity index is 2.45. The van der Waals surface area contributed by atoms with Gasteiger partial charge in [0, 0.05) is 0 Å². The number of hydrogen-bond donors (Lipinski definition) is 3. The van der Waals surface area contributed by atoms with Crippen LogP contribution in [-0.2, 0) is 14.3 Å². The predicted molar refractivity (Wildman–Crippen MR) is 79.8 cm³/mol. The van der Waals surface area contributed by atoms with Crippen molar-refractivity contribution in [2.45, 2.75) is 64.6 Å². The molecule has 1 amide bonds. The van der Waals surface area contributed by atoms with Crippen LogP contribution in [0.25, 0.3) is 0 Å². The quantitative estimate of drug-likeness (QED) is 0.654. The molecule has 122 valence electrons. The lowest BCUT2D eigenvalue weighted by molar-refractivity contribution is -0.140. The number of ether oxygens (including phenoxy) is 1. The fourth-order valence-corrected chi connectivity index (χ4v) is 2.79. The molecule has 1 aliphatic rings. The van der Waals surface area contributed by atoms with Gasteiger partial charge < -0.3 is 20.9 Å². The number of carbonyl (C=O) groups is 2. The summed E-state index contributed by atoms with van der Waals surface area (Å²) in [6.07, 6.45) is 2.18. The van der Waals surface area contributed by atoms with E-state index in [1.54, 1.807) is 0 Å². The summed E-state index contributed by atoms with van der Waals surface area (Å²) < 4.78 is 5.98. The number of hydrogen-bond acceptors (Lipinski definition) is 4. The van der Waals surface area contributed by atoms with E-state index in [1.807, 2.05) is 13.8 Å². The van der Waals surface area contributed by atoms with Crippen LogP contribution in [0.2, 0.25) is 0 Å². The summed E-state index contributed by atoms with van der Waals surface area (Å²) in [6, 6.07) is -1.04. The van der Waals surface area contributed by atoms with Crippen LogP contribution in [0.4, 0.5) is 0 Å². The van der Waals surface area contributed by atoms with Crippen LogP contribution >= 0.6 is 0 Å². The lowest BCUT2D eigenvalue weighted by Crippen LogP contribution is -2.53. The maximum Gasteiger partial charge on any atom is 0.305 e. The van der Waals surface area contributed by atoms with Gasteiger partial charge in [-0.15, -0.1) is 0 Å². The molecular formula is C15H28N2O4. The topological polar surface area (TPSA) is 102 Å². The molecule has 6 nitrogen and oxygen atoms in total. The minimum absolute atomic E-state index is 0.217. The number of carboxylic acids is 1. The molecule has 1 fully saturated rings. The zero-order chi connectivity index (χ0) is 16.2. The SMILES string of the molecule is CC1CCC(C)C1OCC(C)(C)NC(=O)[C@@H](N)CC(=O)O. The van der Waals surface area contributed by atoms with Crippen molar-refractivity contribution in [2.24, 2.45) is 17.6 Å². The van der Waals surface area contributed by atoms with Crippen LogP contribution in [0.5, 0.6) is 0 Å². The second-order valence-corrected chi connectivity index (χ2v) is 6.89. The smallest absolute Gasteiger partial charge is 0.305 e. The molecule has 0 aromatic carbocycles. The minimum Gasteiger partial charge on any atom is -0.481 e. The Hall–Kier alpha value is -1.14. The monoisotopic (exact) mass is 300 g/mol. The molecule has 0 bridgehead atoms. The number of rotatable bonds is 7. The van der Waals surface area contributed by atoms with Gasteiger partial charge >= 0.3 is 5.97 Å². The highest BCUT2D eigenvalue weighted by Gasteiger charge is 2.33. The van der Waals surface area contributed by atoms with Gasteiger partial charge in [0.15, 0.2) is 0 Å². The van der Waals surface area contributed by atoms with Gasteiger partial charge in [-0.1, -0.05) is 13.8 Å². The zero-order valence-corrected chi connectivity index (χ0v) is 13.4. The first-order chi connectivity index (χ1) is 9.62. The summed E-state index contributed by atoms with van der Waals surface area (Å²) in [4.78, 5) is 22.4. The van der Waals surface area contributed by atoms with Crippen molar-refractivity contribution in [1.82, 2.24) is 5.32 Å². The highest BCUT2D eigenvalue weighted by molar-refractivity contribution is 5.86. The molecule has 0 aromatic heterocycles. The molecule has 3 atom stereocenters. The Labute approximate surface area is 126 Å². The first kappa shape index (κ1) is 17.9. The van der Waals surface area contributed by atoms with Crippen molar-refractivity contribution < 1.29 is 19.4 Å². The number of amides is 1. The number of nitrogens with one attached hydrogen (secondary N) is 1. The van der Waals surface area contributed by atoms with Gasteiger partial charge in [0.05, 0.1) is 30.7 Å².